The van der Waals surface area contributed by atoms with E-state index >= 15 is 0 Å². The number of hydrogen-bond donors (Lipinski definition) is 0. The van der Waals surface area contributed by atoms with Gasteiger partial charge in [0.15, 0.2) is 0 Å². The molecule has 0 bridgehead atoms. The second-order valence-electron chi connectivity index (χ2n) is 18.4. The summed E-state index contributed by atoms with van der Waals surface area (Å²) in [7, 11) is 0. The molecule has 0 atom stereocenters. The monoisotopic (exact) mass is 909 g/mol. The molecule has 2 heterocycles. The minimum absolute atomic E-state index is 0.469. The lowest BCUT2D eigenvalue weighted by Gasteiger charge is -2.34. The number of fused-ring (bicyclic) bond motifs is 9. The van der Waals surface area contributed by atoms with Crippen molar-refractivity contribution in [2.75, 3.05) is 4.90 Å². The van der Waals surface area contributed by atoms with Gasteiger partial charge in [-0.2, -0.15) is 0 Å². The van der Waals surface area contributed by atoms with Gasteiger partial charge in [0.1, 0.15) is 11.2 Å². The molecular weight excluding hydrogens is 867 g/mol. The van der Waals surface area contributed by atoms with E-state index in [1.165, 1.54) is 75.8 Å². The number of benzene rings is 11. The van der Waals surface area contributed by atoms with Gasteiger partial charge in [-0.25, -0.2) is 0 Å². The second-order valence-corrected chi connectivity index (χ2v) is 19.5. The van der Waals surface area contributed by atoms with Gasteiger partial charge in [0.25, 0.3) is 0 Å². The van der Waals surface area contributed by atoms with Gasteiger partial charge < -0.3 is 9.32 Å². The van der Waals surface area contributed by atoms with E-state index in [1.54, 1.807) is 0 Å². The zero-order valence-electron chi connectivity index (χ0n) is 38.1. The predicted molar refractivity (Wildman–Crippen MR) is 295 cm³/mol. The first-order valence-corrected chi connectivity index (χ1v) is 24.8. The third kappa shape index (κ3) is 6.40. The molecule has 2 nitrogen and oxygen atoms in total. The van der Waals surface area contributed by atoms with Crippen molar-refractivity contribution < 1.29 is 4.42 Å². The quantitative estimate of drug-likeness (QED) is 0.151. The van der Waals surface area contributed by atoms with Crippen LogP contribution in [0.2, 0.25) is 0 Å². The highest BCUT2D eigenvalue weighted by Crippen LogP contribution is 2.57. The molecule has 1 aliphatic rings. The second kappa shape index (κ2) is 16.2. The van der Waals surface area contributed by atoms with Crippen LogP contribution in [0.15, 0.2) is 265 Å². The average Bonchev–Trinajstić information content (AvgIpc) is 4.10. The maximum absolute atomic E-state index is 6.18. The van der Waals surface area contributed by atoms with Crippen LogP contribution < -0.4 is 4.90 Å². The Kier molecular flexibility index (Phi) is 9.33. The van der Waals surface area contributed by atoms with Crippen molar-refractivity contribution in [3.63, 3.8) is 0 Å². The van der Waals surface area contributed by atoms with E-state index in [0.29, 0.717) is 0 Å². The number of hydrogen-bond acceptors (Lipinski definition) is 3. The highest BCUT2D eigenvalue weighted by atomic mass is 32.1. The molecule has 3 heteroatoms. The van der Waals surface area contributed by atoms with Crippen LogP contribution >= 0.6 is 11.3 Å². The number of para-hydroxylation sites is 1. The van der Waals surface area contributed by atoms with Crippen LogP contribution in [0.3, 0.4) is 0 Å². The predicted octanol–water partition coefficient (Wildman–Crippen LogP) is 18.8. The Hall–Kier alpha value is -8.76. The summed E-state index contributed by atoms with van der Waals surface area (Å²) in [5, 5.41) is 4.90. The summed E-state index contributed by atoms with van der Waals surface area (Å²) < 4.78 is 8.84. The van der Waals surface area contributed by atoms with Crippen LogP contribution in [0, 0.1) is 0 Å². The van der Waals surface area contributed by atoms with Gasteiger partial charge in [-0.3, -0.25) is 0 Å². The number of thiophene rings is 1. The lowest BCUT2D eigenvalue weighted by Crippen LogP contribution is -2.28. The lowest BCUT2D eigenvalue weighted by molar-refractivity contribution is 0.669. The first kappa shape index (κ1) is 40.3. The largest absolute Gasteiger partial charge is 0.456 e. The van der Waals surface area contributed by atoms with Crippen molar-refractivity contribution in [1.29, 1.82) is 0 Å². The molecule has 1 aliphatic carbocycles. The lowest BCUT2D eigenvalue weighted by atomic mass is 9.68. The van der Waals surface area contributed by atoms with Crippen molar-refractivity contribution in [1.82, 2.24) is 0 Å². The van der Waals surface area contributed by atoms with Crippen molar-refractivity contribution in [3.05, 3.63) is 283 Å². The fourth-order valence-electron chi connectivity index (χ4n) is 11.3. The molecule has 0 amide bonds. The smallest absolute Gasteiger partial charge is 0.135 e. The van der Waals surface area contributed by atoms with Gasteiger partial charge in [-0.05, 0) is 140 Å². The highest BCUT2D eigenvalue weighted by Gasteiger charge is 2.46. The number of nitrogens with zero attached hydrogens (tertiary/aromatic N) is 1. The Morgan fingerprint density at radius 2 is 0.771 bits per heavy atom. The highest BCUT2D eigenvalue weighted by molar-refractivity contribution is 7.25. The number of furan rings is 1. The minimum atomic E-state index is -0.469. The molecule has 0 saturated heterocycles. The first-order valence-electron chi connectivity index (χ1n) is 24.0. The summed E-state index contributed by atoms with van der Waals surface area (Å²) in [5.74, 6) is 0. The van der Waals surface area contributed by atoms with Crippen LogP contribution in [0.1, 0.15) is 22.3 Å². The molecule has 11 aromatic carbocycles. The molecule has 2 aromatic heterocycles. The summed E-state index contributed by atoms with van der Waals surface area (Å²) in [6.45, 7) is 0. The summed E-state index contributed by atoms with van der Waals surface area (Å²) in [6, 6.07) is 95.6. The van der Waals surface area contributed by atoms with E-state index < -0.39 is 5.41 Å². The molecule has 0 N–H and O–H groups in total. The Balaban J connectivity index is 0.867. The van der Waals surface area contributed by atoms with E-state index in [9.17, 15) is 0 Å². The van der Waals surface area contributed by atoms with E-state index in [0.717, 1.165) is 50.1 Å². The van der Waals surface area contributed by atoms with Crippen molar-refractivity contribution in [2.45, 2.75) is 5.41 Å². The first-order chi connectivity index (χ1) is 34.7. The summed E-state index contributed by atoms with van der Waals surface area (Å²) in [6.07, 6.45) is 0. The van der Waals surface area contributed by atoms with Crippen LogP contribution in [0.5, 0.6) is 0 Å². The molecule has 14 rings (SSSR count). The van der Waals surface area contributed by atoms with Gasteiger partial charge in [-0.15, -0.1) is 11.3 Å². The van der Waals surface area contributed by atoms with Crippen molar-refractivity contribution in [3.8, 4) is 44.5 Å². The molecule has 0 unspecified atom stereocenters. The summed E-state index contributed by atoms with van der Waals surface area (Å²) >= 11 is 1.86. The standard InChI is InChI=1S/C67H43NOS/c1-3-13-50(14-4-1)67(51-15-5-2-6-16-51)61-20-10-7-17-55(61)58-43-54(37-38-62(58)67)68(53-35-29-47(30-36-53)48-31-39-64-59(41-48)56-18-8-11-21-63(56)69-64)52-33-27-45(28-34-52)44-23-25-46(26-24-44)49-32-40-66-60(42-49)57-19-9-12-22-65(57)70-66/h1-43H. The zero-order valence-corrected chi connectivity index (χ0v) is 38.9. The Morgan fingerprint density at radius 1 is 0.300 bits per heavy atom. The SMILES string of the molecule is c1ccc(C2(c3ccccc3)c3ccccc3-c3cc(N(c4ccc(-c5ccc(-c6ccc7sc8ccccc8c7c6)cc5)cc4)c4ccc(-c5ccc6oc7ccccc7c6c5)cc4)ccc32)cc1. The van der Waals surface area contributed by atoms with Gasteiger partial charge in [-0.1, -0.05) is 188 Å². The third-order valence-corrected chi connectivity index (χ3v) is 15.7. The van der Waals surface area contributed by atoms with Gasteiger partial charge in [0.05, 0.1) is 5.41 Å². The van der Waals surface area contributed by atoms with Crippen LogP contribution in [0.4, 0.5) is 17.1 Å². The maximum Gasteiger partial charge on any atom is 0.135 e. The molecule has 0 fully saturated rings. The van der Waals surface area contributed by atoms with E-state index in [2.05, 4.69) is 254 Å². The van der Waals surface area contributed by atoms with E-state index in [1.807, 2.05) is 23.5 Å². The molecule has 0 radical (unpaired) electrons. The van der Waals surface area contributed by atoms with Crippen LogP contribution in [-0.2, 0) is 5.41 Å². The Morgan fingerprint density at radius 3 is 1.46 bits per heavy atom. The molecule has 0 aliphatic heterocycles. The molecule has 70 heavy (non-hydrogen) atoms. The fourth-order valence-corrected chi connectivity index (χ4v) is 12.4. The molecule has 0 spiro atoms. The maximum atomic E-state index is 6.18. The number of anilines is 3. The van der Waals surface area contributed by atoms with Gasteiger partial charge >= 0.3 is 0 Å². The normalized spacial score (nSPS) is 12.7. The number of rotatable bonds is 8. The van der Waals surface area contributed by atoms with Gasteiger partial charge in [0.2, 0.25) is 0 Å². The van der Waals surface area contributed by atoms with Gasteiger partial charge in [0, 0.05) is 48.0 Å². The Labute approximate surface area is 410 Å². The summed E-state index contributed by atoms with van der Waals surface area (Å²) in [4.78, 5) is 2.40. The topological polar surface area (TPSA) is 16.4 Å². The summed E-state index contributed by atoms with van der Waals surface area (Å²) in [5.41, 5.74) is 19.3. The van der Waals surface area contributed by atoms with Crippen LogP contribution in [0.25, 0.3) is 86.6 Å². The average molecular weight is 910 g/mol. The van der Waals surface area contributed by atoms with Crippen molar-refractivity contribution >= 4 is 70.5 Å². The third-order valence-electron chi connectivity index (χ3n) is 14.6. The van der Waals surface area contributed by atoms with Crippen LogP contribution in [-0.4, -0.2) is 0 Å². The Bertz CT molecular complexity index is 4050. The zero-order chi connectivity index (χ0) is 46.2. The van der Waals surface area contributed by atoms with Crippen molar-refractivity contribution in [2.24, 2.45) is 0 Å². The van der Waals surface area contributed by atoms with E-state index in [4.69, 9.17) is 4.42 Å². The molecule has 328 valence electrons. The molecule has 0 saturated carbocycles. The fraction of sp³-hybridized carbons (Fsp3) is 0.0149. The molecular formula is C67H43NOS. The minimum Gasteiger partial charge on any atom is -0.456 e. The van der Waals surface area contributed by atoms with E-state index in [-0.39, 0.29) is 0 Å². The molecule has 13 aromatic rings.